The van der Waals surface area contributed by atoms with Crippen LogP contribution >= 0.6 is 11.6 Å². The van der Waals surface area contributed by atoms with Crippen LogP contribution in [0.5, 0.6) is 0 Å². The molecule has 8 heteroatoms. The molecule has 1 aromatic heterocycles. The predicted octanol–water partition coefficient (Wildman–Crippen LogP) is 4.76. The largest absolute Gasteiger partial charge is 0.351 e. The Labute approximate surface area is 245 Å². The van der Waals surface area contributed by atoms with Crippen molar-refractivity contribution in [1.82, 2.24) is 25.1 Å². The maximum atomic E-state index is 14.0. The molecule has 4 aromatic rings. The smallest absolute Gasteiger partial charge is 0.244 e. The van der Waals surface area contributed by atoms with Gasteiger partial charge in [0.25, 0.3) is 0 Å². The number of nitrogens with zero attached hydrogens (tertiary/aromatic N) is 3. The molecule has 1 fully saturated rings. The van der Waals surface area contributed by atoms with Crippen molar-refractivity contribution in [3.05, 3.63) is 131 Å². The van der Waals surface area contributed by atoms with Crippen molar-refractivity contribution in [3.8, 4) is 0 Å². The number of benzene rings is 3. The van der Waals surface area contributed by atoms with Crippen molar-refractivity contribution >= 4 is 29.5 Å². The minimum absolute atomic E-state index is 0.0458. The molecule has 0 unspecified atom stereocenters. The third-order valence-electron chi connectivity index (χ3n) is 7.37. The Morgan fingerprint density at radius 3 is 2.34 bits per heavy atom. The van der Waals surface area contributed by atoms with Gasteiger partial charge in [0.1, 0.15) is 6.04 Å². The third-order valence-corrected chi connectivity index (χ3v) is 7.63. The molecular weight excluding hydrogens is 534 g/mol. The van der Waals surface area contributed by atoms with Crippen LogP contribution in [0.1, 0.15) is 29.0 Å². The molecule has 0 radical (unpaired) electrons. The Morgan fingerprint density at radius 2 is 1.71 bits per heavy atom. The summed E-state index contributed by atoms with van der Waals surface area (Å²) in [4.78, 5) is 32.7. The maximum absolute atomic E-state index is 14.0. The Kier molecular flexibility index (Phi) is 9.62. The molecule has 1 saturated heterocycles. The summed E-state index contributed by atoms with van der Waals surface area (Å²) in [7, 11) is 0. The van der Waals surface area contributed by atoms with Gasteiger partial charge in [0.15, 0.2) is 0 Å². The lowest BCUT2D eigenvalue weighted by Gasteiger charge is -2.29. The maximum Gasteiger partial charge on any atom is 0.244 e. The van der Waals surface area contributed by atoms with Gasteiger partial charge in [-0.3, -0.25) is 14.9 Å². The highest BCUT2D eigenvalue weighted by Crippen LogP contribution is 2.27. The summed E-state index contributed by atoms with van der Waals surface area (Å²) < 4.78 is 1.91. The quantitative estimate of drug-likeness (QED) is 0.271. The summed E-state index contributed by atoms with van der Waals surface area (Å²) in [5.41, 5.74) is 3.24. The SMILES string of the molecule is O=C(C=Cc1ccc(Cl)cc1)NC[C@@H]1CCN(CC(c2ccccc2)c2ccccc2)C(=O)[C@H](Cn2ccnc2)N1. The normalized spacial score (nSPS) is 17.6. The highest BCUT2D eigenvalue weighted by molar-refractivity contribution is 6.30. The predicted molar refractivity (Wildman–Crippen MR) is 162 cm³/mol. The van der Waals surface area contributed by atoms with Crippen molar-refractivity contribution in [2.75, 3.05) is 19.6 Å². The number of nitrogens with one attached hydrogen (secondary N) is 2. The average molecular weight is 568 g/mol. The summed E-state index contributed by atoms with van der Waals surface area (Å²) >= 11 is 5.95. The van der Waals surface area contributed by atoms with E-state index in [4.69, 9.17) is 11.6 Å². The zero-order chi connectivity index (χ0) is 28.4. The van der Waals surface area contributed by atoms with Crippen LogP contribution in [0.2, 0.25) is 5.02 Å². The van der Waals surface area contributed by atoms with E-state index in [1.165, 1.54) is 17.2 Å². The molecule has 1 aliphatic rings. The molecular formula is C33H34ClN5O2. The van der Waals surface area contributed by atoms with Gasteiger partial charge in [-0.05, 0) is 41.3 Å². The zero-order valence-corrected chi connectivity index (χ0v) is 23.5. The average Bonchev–Trinajstić information content (AvgIpc) is 3.47. The second-order valence-electron chi connectivity index (χ2n) is 10.3. The Bertz CT molecular complexity index is 1390. The molecule has 1 aliphatic heterocycles. The summed E-state index contributed by atoms with van der Waals surface area (Å²) in [6.07, 6.45) is 9.28. The fourth-order valence-electron chi connectivity index (χ4n) is 5.18. The van der Waals surface area contributed by atoms with Gasteiger partial charge in [-0.2, -0.15) is 0 Å². The molecule has 3 aromatic carbocycles. The molecule has 5 rings (SSSR count). The van der Waals surface area contributed by atoms with Crippen molar-refractivity contribution < 1.29 is 9.59 Å². The van der Waals surface area contributed by atoms with Gasteiger partial charge >= 0.3 is 0 Å². The Morgan fingerprint density at radius 1 is 1.02 bits per heavy atom. The van der Waals surface area contributed by atoms with Gasteiger partial charge in [0.2, 0.25) is 11.8 Å². The van der Waals surface area contributed by atoms with Crippen molar-refractivity contribution in [3.63, 3.8) is 0 Å². The van der Waals surface area contributed by atoms with E-state index in [1.54, 1.807) is 30.7 Å². The number of halogens is 1. The van der Waals surface area contributed by atoms with Gasteiger partial charge in [-0.1, -0.05) is 84.4 Å². The first-order valence-electron chi connectivity index (χ1n) is 13.9. The molecule has 2 N–H and O–H groups in total. The van der Waals surface area contributed by atoms with Crippen molar-refractivity contribution in [2.45, 2.75) is 31.0 Å². The number of amides is 2. The zero-order valence-electron chi connectivity index (χ0n) is 22.8. The van der Waals surface area contributed by atoms with E-state index in [9.17, 15) is 9.59 Å². The number of carbonyl (C=O) groups is 2. The standard InChI is InChI=1S/C33H34ClN5O2/c34-28-14-11-25(12-15-28)13-16-32(40)36-21-29-17-19-39(33(41)31(37-29)23-38-20-18-35-24-38)22-30(26-7-3-1-4-8-26)27-9-5-2-6-10-27/h1-16,18,20,24,29-31,37H,17,19,21-23H2,(H,36,40)/t29-,31-/m0/s1. The Balaban J connectivity index is 1.30. The van der Waals surface area contributed by atoms with E-state index in [2.05, 4.69) is 39.9 Å². The van der Waals surface area contributed by atoms with E-state index in [0.29, 0.717) is 37.6 Å². The number of hydrogen-bond donors (Lipinski definition) is 2. The van der Waals surface area contributed by atoms with Gasteiger partial charge in [0, 0.05) is 61.6 Å². The summed E-state index contributed by atoms with van der Waals surface area (Å²) in [5.74, 6) is -0.0925. The van der Waals surface area contributed by atoms with Crippen LogP contribution in [0.3, 0.4) is 0 Å². The van der Waals surface area contributed by atoms with E-state index in [1.807, 2.05) is 64.2 Å². The lowest BCUT2D eigenvalue weighted by Crippen LogP contribution is -2.50. The molecule has 2 amide bonds. The third kappa shape index (κ3) is 7.93. The topological polar surface area (TPSA) is 79.3 Å². The molecule has 0 bridgehead atoms. The molecule has 0 saturated carbocycles. The van der Waals surface area contributed by atoms with Crippen LogP contribution in [0.15, 0.2) is 110 Å². The molecule has 0 aliphatic carbocycles. The molecule has 7 nitrogen and oxygen atoms in total. The van der Waals surface area contributed by atoms with Crippen LogP contribution < -0.4 is 10.6 Å². The van der Waals surface area contributed by atoms with E-state index >= 15 is 0 Å². The second-order valence-corrected chi connectivity index (χ2v) is 10.7. The highest BCUT2D eigenvalue weighted by atomic mass is 35.5. The van der Waals surface area contributed by atoms with Crippen LogP contribution in [-0.4, -0.2) is 58.0 Å². The van der Waals surface area contributed by atoms with Crippen molar-refractivity contribution in [1.29, 1.82) is 0 Å². The van der Waals surface area contributed by atoms with Gasteiger partial charge < -0.3 is 14.8 Å². The lowest BCUT2D eigenvalue weighted by molar-refractivity contribution is -0.133. The number of hydrogen-bond acceptors (Lipinski definition) is 4. The van der Waals surface area contributed by atoms with Crippen LogP contribution in [-0.2, 0) is 16.1 Å². The van der Waals surface area contributed by atoms with Crippen LogP contribution in [0.4, 0.5) is 0 Å². The molecule has 41 heavy (non-hydrogen) atoms. The number of rotatable bonds is 10. The lowest BCUT2D eigenvalue weighted by atomic mass is 9.90. The monoisotopic (exact) mass is 567 g/mol. The van der Waals surface area contributed by atoms with Gasteiger partial charge in [-0.25, -0.2) is 4.98 Å². The first-order valence-corrected chi connectivity index (χ1v) is 14.2. The molecule has 0 spiro atoms. The second kappa shape index (κ2) is 13.9. The highest BCUT2D eigenvalue weighted by Gasteiger charge is 2.33. The minimum Gasteiger partial charge on any atom is -0.351 e. The first kappa shape index (κ1) is 28.3. The Hall–Kier alpha value is -4.20. The molecule has 210 valence electrons. The van der Waals surface area contributed by atoms with E-state index in [-0.39, 0.29) is 23.8 Å². The summed E-state index contributed by atoms with van der Waals surface area (Å²) in [5, 5.41) is 7.18. The number of imidazole rings is 1. The minimum atomic E-state index is -0.453. The van der Waals surface area contributed by atoms with Crippen LogP contribution in [0, 0.1) is 0 Å². The molecule has 2 heterocycles. The fraction of sp³-hybridized carbons (Fsp3) is 0.242. The summed E-state index contributed by atoms with van der Waals surface area (Å²) in [6.45, 7) is 2.02. The van der Waals surface area contributed by atoms with Crippen LogP contribution in [0.25, 0.3) is 6.08 Å². The fourth-order valence-corrected chi connectivity index (χ4v) is 5.31. The number of aromatic nitrogens is 2. The summed E-state index contributed by atoms with van der Waals surface area (Å²) in [6, 6.07) is 27.4. The number of carbonyl (C=O) groups excluding carboxylic acids is 2. The van der Waals surface area contributed by atoms with Crippen molar-refractivity contribution in [2.24, 2.45) is 0 Å². The van der Waals surface area contributed by atoms with Gasteiger partial charge in [-0.15, -0.1) is 0 Å². The first-order chi connectivity index (χ1) is 20.0. The van der Waals surface area contributed by atoms with E-state index < -0.39 is 6.04 Å². The van der Waals surface area contributed by atoms with Gasteiger partial charge in [0.05, 0.1) is 6.33 Å². The molecule has 2 atom stereocenters. The van der Waals surface area contributed by atoms with E-state index in [0.717, 1.165) is 5.56 Å².